The number of hydrogen-bond acceptors (Lipinski definition) is 4. The lowest BCUT2D eigenvalue weighted by Gasteiger charge is -2.37. The molecule has 6 nitrogen and oxygen atoms in total. The number of likely N-dealkylation sites (tertiary alicyclic amines) is 1. The predicted molar refractivity (Wildman–Crippen MR) is 96.2 cm³/mol. The Morgan fingerprint density at radius 3 is 2.52 bits per heavy atom. The van der Waals surface area contributed by atoms with Crippen LogP contribution in [0.15, 0.2) is 30.3 Å². The third kappa shape index (κ3) is 4.71. The highest BCUT2D eigenvalue weighted by atomic mass is 16.7. The summed E-state index contributed by atoms with van der Waals surface area (Å²) in [6.07, 6.45) is 1.51. The van der Waals surface area contributed by atoms with Crippen LogP contribution in [-0.2, 0) is 16.0 Å². The summed E-state index contributed by atoms with van der Waals surface area (Å²) in [4.78, 5) is 16.5. The molecule has 2 heterocycles. The fraction of sp³-hybridized carbons (Fsp3) is 0.632. The van der Waals surface area contributed by atoms with Gasteiger partial charge in [0.1, 0.15) is 0 Å². The second-order valence-electron chi connectivity index (χ2n) is 7.03. The molecule has 1 aromatic rings. The second kappa shape index (κ2) is 8.17. The first-order valence-corrected chi connectivity index (χ1v) is 9.13. The first-order chi connectivity index (χ1) is 12.1. The molecule has 0 unspecified atom stereocenters. The lowest BCUT2D eigenvalue weighted by atomic mass is 10.0. The van der Waals surface area contributed by atoms with Gasteiger partial charge < -0.3 is 19.7 Å². The zero-order valence-electron chi connectivity index (χ0n) is 15.2. The number of hydrogen-bond donors (Lipinski definition) is 1. The summed E-state index contributed by atoms with van der Waals surface area (Å²) in [6, 6.07) is 10.6. The summed E-state index contributed by atoms with van der Waals surface area (Å²) in [5, 5.41) is 3.06. The molecular weight excluding hydrogens is 318 g/mol. The third-order valence-electron chi connectivity index (χ3n) is 5.20. The van der Waals surface area contributed by atoms with Crippen molar-refractivity contribution in [1.82, 2.24) is 15.1 Å². The standard InChI is InChI=1S/C19H29N3O3/c1-16(21(2)15-17-6-4-3-5-7-17)14-20-18(23)22-10-8-19(9-11-22)24-12-13-25-19/h3-7,16H,8-15H2,1-2H3,(H,20,23)/t16-/m0/s1. The van der Waals surface area contributed by atoms with Crippen LogP contribution in [0.25, 0.3) is 0 Å². The average molecular weight is 347 g/mol. The topological polar surface area (TPSA) is 54.0 Å². The summed E-state index contributed by atoms with van der Waals surface area (Å²) in [7, 11) is 2.09. The van der Waals surface area contributed by atoms with E-state index in [2.05, 4.69) is 48.5 Å². The van der Waals surface area contributed by atoms with E-state index in [9.17, 15) is 4.79 Å². The summed E-state index contributed by atoms with van der Waals surface area (Å²) in [5.41, 5.74) is 1.28. The monoisotopic (exact) mass is 347 g/mol. The van der Waals surface area contributed by atoms with Crippen molar-refractivity contribution in [1.29, 1.82) is 0 Å². The number of urea groups is 1. The minimum absolute atomic E-state index is 0.00723. The number of benzene rings is 1. The van der Waals surface area contributed by atoms with Crippen LogP contribution in [0, 0.1) is 0 Å². The summed E-state index contributed by atoms with van der Waals surface area (Å²) < 4.78 is 11.4. The van der Waals surface area contributed by atoms with Crippen LogP contribution in [0.1, 0.15) is 25.3 Å². The highest BCUT2D eigenvalue weighted by molar-refractivity contribution is 5.74. The van der Waals surface area contributed by atoms with Crippen LogP contribution in [0.5, 0.6) is 0 Å². The van der Waals surface area contributed by atoms with Gasteiger partial charge in [-0.1, -0.05) is 30.3 Å². The Morgan fingerprint density at radius 1 is 1.24 bits per heavy atom. The molecule has 2 amide bonds. The van der Waals surface area contributed by atoms with E-state index in [0.717, 1.165) is 19.4 Å². The maximum atomic E-state index is 12.4. The molecule has 0 aromatic heterocycles. The first-order valence-electron chi connectivity index (χ1n) is 9.13. The van der Waals surface area contributed by atoms with Crippen LogP contribution in [0.4, 0.5) is 4.79 Å². The summed E-state index contributed by atoms with van der Waals surface area (Å²) in [5.74, 6) is -0.431. The molecule has 2 fully saturated rings. The summed E-state index contributed by atoms with van der Waals surface area (Å²) in [6.45, 7) is 6.33. The quantitative estimate of drug-likeness (QED) is 0.886. The smallest absolute Gasteiger partial charge is 0.317 e. The molecule has 2 aliphatic heterocycles. The van der Waals surface area contributed by atoms with Crippen LogP contribution in [0.3, 0.4) is 0 Å². The van der Waals surface area contributed by atoms with Crippen molar-refractivity contribution < 1.29 is 14.3 Å². The Morgan fingerprint density at radius 2 is 1.88 bits per heavy atom. The molecule has 138 valence electrons. The second-order valence-corrected chi connectivity index (χ2v) is 7.03. The number of ether oxygens (including phenoxy) is 2. The molecule has 0 saturated carbocycles. The molecule has 0 bridgehead atoms. The van der Waals surface area contributed by atoms with Gasteiger partial charge in [-0.3, -0.25) is 4.90 Å². The Kier molecular flexibility index (Phi) is 5.93. The van der Waals surface area contributed by atoms with Gasteiger partial charge >= 0.3 is 6.03 Å². The highest BCUT2D eigenvalue weighted by Gasteiger charge is 2.40. The van der Waals surface area contributed by atoms with Crippen molar-refractivity contribution in [2.24, 2.45) is 0 Å². The Labute approximate surface area is 150 Å². The number of rotatable bonds is 5. The Bertz CT molecular complexity index is 550. The molecule has 1 N–H and O–H groups in total. The van der Waals surface area contributed by atoms with Crippen molar-refractivity contribution in [3.05, 3.63) is 35.9 Å². The minimum Gasteiger partial charge on any atom is -0.347 e. The molecule has 25 heavy (non-hydrogen) atoms. The van der Waals surface area contributed by atoms with Gasteiger partial charge in [0.25, 0.3) is 0 Å². The van der Waals surface area contributed by atoms with E-state index in [1.807, 2.05) is 11.0 Å². The van der Waals surface area contributed by atoms with Crippen LogP contribution < -0.4 is 5.32 Å². The van der Waals surface area contributed by atoms with E-state index in [1.54, 1.807) is 0 Å². The average Bonchev–Trinajstić information content (AvgIpc) is 3.09. The zero-order valence-corrected chi connectivity index (χ0v) is 15.2. The van der Waals surface area contributed by atoms with Crippen molar-refractivity contribution >= 4 is 6.03 Å². The third-order valence-corrected chi connectivity index (χ3v) is 5.20. The van der Waals surface area contributed by atoms with Gasteiger partial charge in [0.15, 0.2) is 5.79 Å². The number of piperidine rings is 1. The Hall–Kier alpha value is -1.63. The zero-order chi connectivity index (χ0) is 17.7. The van der Waals surface area contributed by atoms with E-state index in [4.69, 9.17) is 9.47 Å². The molecule has 1 aromatic carbocycles. The van der Waals surface area contributed by atoms with Gasteiger partial charge in [-0.2, -0.15) is 0 Å². The largest absolute Gasteiger partial charge is 0.347 e. The van der Waals surface area contributed by atoms with Crippen LogP contribution in [-0.4, -0.2) is 67.6 Å². The lowest BCUT2D eigenvalue weighted by molar-refractivity contribution is -0.181. The molecule has 3 rings (SSSR count). The molecule has 2 aliphatic rings. The maximum absolute atomic E-state index is 12.4. The normalized spacial score (nSPS) is 20.8. The van der Waals surface area contributed by atoms with E-state index >= 15 is 0 Å². The van der Waals surface area contributed by atoms with E-state index in [1.165, 1.54) is 5.56 Å². The van der Waals surface area contributed by atoms with Gasteiger partial charge in [-0.25, -0.2) is 4.79 Å². The summed E-state index contributed by atoms with van der Waals surface area (Å²) >= 11 is 0. The fourth-order valence-corrected chi connectivity index (χ4v) is 3.37. The van der Waals surface area contributed by atoms with E-state index < -0.39 is 5.79 Å². The van der Waals surface area contributed by atoms with E-state index in [0.29, 0.717) is 32.8 Å². The number of nitrogens with zero attached hydrogens (tertiary/aromatic N) is 2. The molecule has 0 radical (unpaired) electrons. The minimum atomic E-state index is -0.431. The number of nitrogens with one attached hydrogen (secondary N) is 1. The highest BCUT2D eigenvalue weighted by Crippen LogP contribution is 2.31. The number of carbonyl (C=O) groups excluding carboxylic acids is 1. The molecule has 2 saturated heterocycles. The number of likely N-dealkylation sites (N-methyl/N-ethyl adjacent to an activating group) is 1. The van der Waals surface area contributed by atoms with Gasteiger partial charge in [-0.15, -0.1) is 0 Å². The SMILES string of the molecule is C[C@@H](CNC(=O)N1CCC2(CC1)OCCO2)N(C)Cc1ccccc1. The molecule has 6 heteroatoms. The molecule has 0 aliphatic carbocycles. The predicted octanol–water partition coefficient (Wildman–Crippen LogP) is 2.06. The van der Waals surface area contributed by atoms with Crippen molar-refractivity contribution in [3.63, 3.8) is 0 Å². The van der Waals surface area contributed by atoms with E-state index in [-0.39, 0.29) is 12.1 Å². The van der Waals surface area contributed by atoms with Gasteiger partial charge in [0.2, 0.25) is 0 Å². The number of carbonyl (C=O) groups is 1. The lowest BCUT2D eigenvalue weighted by Crippen LogP contribution is -2.52. The molecule has 1 spiro atoms. The van der Waals surface area contributed by atoms with Crippen LogP contribution >= 0.6 is 0 Å². The first kappa shape index (κ1) is 18.2. The van der Waals surface area contributed by atoms with Crippen LogP contribution in [0.2, 0.25) is 0 Å². The van der Waals surface area contributed by atoms with Crippen molar-refractivity contribution in [3.8, 4) is 0 Å². The van der Waals surface area contributed by atoms with Gasteiger partial charge in [0.05, 0.1) is 13.2 Å². The molecule has 1 atom stereocenters. The van der Waals surface area contributed by atoms with Gasteiger partial charge in [0, 0.05) is 45.1 Å². The Balaban J connectivity index is 1.39. The number of amides is 2. The van der Waals surface area contributed by atoms with Crippen molar-refractivity contribution in [2.75, 3.05) is 39.9 Å². The fourth-order valence-electron chi connectivity index (χ4n) is 3.37. The van der Waals surface area contributed by atoms with Gasteiger partial charge in [-0.05, 0) is 19.5 Å². The molecular formula is C19H29N3O3. The van der Waals surface area contributed by atoms with Crippen molar-refractivity contribution in [2.45, 2.75) is 38.1 Å². The maximum Gasteiger partial charge on any atom is 0.317 e.